The molecule has 0 aliphatic rings. The predicted molar refractivity (Wildman–Crippen MR) is 131 cm³/mol. The summed E-state index contributed by atoms with van der Waals surface area (Å²) in [4.78, 5) is 2.26. The lowest BCUT2D eigenvalue weighted by atomic mass is 9.84. The van der Waals surface area contributed by atoms with Gasteiger partial charge in [-0.25, -0.2) is 8.78 Å². The number of benzene rings is 3. The van der Waals surface area contributed by atoms with Crippen molar-refractivity contribution < 1.29 is 23.0 Å². The van der Waals surface area contributed by atoms with Crippen molar-refractivity contribution in [1.82, 2.24) is 4.90 Å². The third kappa shape index (κ3) is 5.61. The molecular formula is C29H29F2NO3. The van der Waals surface area contributed by atoms with Gasteiger partial charge in [0, 0.05) is 6.54 Å². The van der Waals surface area contributed by atoms with E-state index in [0.717, 1.165) is 24.3 Å². The van der Waals surface area contributed by atoms with Crippen LogP contribution < -0.4 is 4.74 Å². The maximum Gasteiger partial charge on any atom is 0.173 e. The molecule has 0 atom stereocenters. The fourth-order valence-corrected chi connectivity index (χ4v) is 4.27. The van der Waals surface area contributed by atoms with Crippen LogP contribution in [0, 0.1) is 11.6 Å². The van der Waals surface area contributed by atoms with Crippen LogP contribution in [0.15, 0.2) is 89.3 Å². The van der Waals surface area contributed by atoms with Crippen molar-refractivity contribution in [2.24, 2.45) is 0 Å². The van der Waals surface area contributed by atoms with Crippen molar-refractivity contribution in [3.8, 4) is 5.75 Å². The van der Waals surface area contributed by atoms with E-state index in [-0.39, 0.29) is 5.76 Å². The van der Waals surface area contributed by atoms with E-state index in [1.54, 1.807) is 13.2 Å². The van der Waals surface area contributed by atoms with E-state index in [2.05, 4.69) is 17.9 Å². The summed E-state index contributed by atoms with van der Waals surface area (Å²) < 4.78 is 38.7. The SMILES string of the molecule is CCCN(Cc1cccc(OC)c1)Cc1ccc(C(O)(c2ccc(F)cc2)c2ccc(F)cc2)o1. The Morgan fingerprint density at radius 2 is 1.49 bits per heavy atom. The van der Waals surface area contributed by atoms with Gasteiger partial charge in [-0.1, -0.05) is 43.3 Å². The molecule has 0 aliphatic heterocycles. The zero-order valence-corrected chi connectivity index (χ0v) is 19.9. The second-order valence-electron chi connectivity index (χ2n) is 8.55. The Morgan fingerprint density at radius 1 is 0.857 bits per heavy atom. The lowest BCUT2D eigenvalue weighted by molar-refractivity contribution is 0.0950. The number of hydrogen-bond donors (Lipinski definition) is 1. The quantitative estimate of drug-likeness (QED) is 0.293. The fraction of sp³-hybridized carbons (Fsp3) is 0.241. The molecule has 1 heterocycles. The van der Waals surface area contributed by atoms with Crippen LogP contribution in [-0.4, -0.2) is 23.7 Å². The number of hydrogen-bond acceptors (Lipinski definition) is 4. The monoisotopic (exact) mass is 477 g/mol. The van der Waals surface area contributed by atoms with Crippen molar-refractivity contribution in [1.29, 1.82) is 0 Å². The van der Waals surface area contributed by atoms with Crippen LogP contribution >= 0.6 is 0 Å². The first kappa shape index (κ1) is 24.6. The predicted octanol–water partition coefficient (Wildman–Crippen LogP) is 6.26. The van der Waals surface area contributed by atoms with Crippen LogP contribution in [-0.2, 0) is 18.7 Å². The summed E-state index contributed by atoms with van der Waals surface area (Å²) in [6.45, 7) is 4.22. The van der Waals surface area contributed by atoms with Gasteiger partial charge in [-0.15, -0.1) is 0 Å². The van der Waals surface area contributed by atoms with E-state index >= 15 is 0 Å². The van der Waals surface area contributed by atoms with Crippen LogP contribution in [0.25, 0.3) is 0 Å². The third-order valence-corrected chi connectivity index (χ3v) is 6.00. The topological polar surface area (TPSA) is 45.8 Å². The van der Waals surface area contributed by atoms with Crippen molar-refractivity contribution >= 4 is 0 Å². The van der Waals surface area contributed by atoms with Gasteiger partial charge < -0.3 is 14.3 Å². The summed E-state index contributed by atoms with van der Waals surface area (Å²) in [6, 6.07) is 22.7. The first-order valence-corrected chi connectivity index (χ1v) is 11.6. The average molecular weight is 478 g/mol. The molecule has 0 amide bonds. The third-order valence-electron chi connectivity index (χ3n) is 6.00. The summed E-state index contributed by atoms with van der Waals surface area (Å²) in [6.07, 6.45) is 0.965. The zero-order chi connectivity index (χ0) is 24.8. The Labute approximate surface area is 204 Å². The molecule has 0 bridgehead atoms. The smallest absolute Gasteiger partial charge is 0.173 e. The van der Waals surface area contributed by atoms with E-state index < -0.39 is 17.2 Å². The summed E-state index contributed by atoms with van der Waals surface area (Å²) in [7, 11) is 1.65. The highest BCUT2D eigenvalue weighted by molar-refractivity contribution is 5.44. The van der Waals surface area contributed by atoms with Crippen LogP contribution in [0.1, 0.15) is 41.6 Å². The van der Waals surface area contributed by atoms with Gasteiger partial charge in [0.25, 0.3) is 0 Å². The molecule has 0 unspecified atom stereocenters. The molecule has 0 spiro atoms. The number of furan rings is 1. The van der Waals surface area contributed by atoms with Gasteiger partial charge in [0.15, 0.2) is 5.60 Å². The van der Waals surface area contributed by atoms with Crippen LogP contribution in [0.3, 0.4) is 0 Å². The van der Waals surface area contributed by atoms with Crippen molar-refractivity contribution in [3.63, 3.8) is 0 Å². The molecule has 182 valence electrons. The minimum Gasteiger partial charge on any atom is -0.497 e. The van der Waals surface area contributed by atoms with Crippen molar-refractivity contribution in [2.75, 3.05) is 13.7 Å². The highest BCUT2D eigenvalue weighted by atomic mass is 19.1. The zero-order valence-electron chi connectivity index (χ0n) is 19.9. The maximum absolute atomic E-state index is 13.6. The Balaban J connectivity index is 1.64. The molecule has 4 aromatic rings. The highest BCUT2D eigenvalue weighted by Gasteiger charge is 2.37. The van der Waals surface area contributed by atoms with Crippen molar-refractivity contribution in [2.45, 2.75) is 32.0 Å². The van der Waals surface area contributed by atoms with Crippen LogP contribution in [0.4, 0.5) is 8.78 Å². The largest absolute Gasteiger partial charge is 0.497 e. The normalized spacial score (nSPS) is 11.7. The van der Waals surface area contributed by atoms with Gasteiger partial charge in [-0.05, 0) is 78.2 Å². The second kappa shape index (κ2) is 10.8. The van der Waals surface area contributed by atoms with Crippen LogP contribution in [0.2, 0.25) is 0 Å². The van der Waals surface area contributed by atoms with Gasteiger partial charge in [-0.2, -0.15) is 0 Å². The van der Waals surface area contributed by atoms with E-state index in [4.69, 9.17) is 9.15 Å². The number of halogens is 2. The molecule has 0 radical (unpaired) electrons. The fourth-order valence-electron chi connectivity index (χ4n) is 4.27. The molecule has 0 aliphatic carbocycles. The molecule has 6 heteroatoms. The molecule has 1 aromatic heterocycles. The number of rotatable bonds is 10. The van der Waals surface area contributed by atoms with Gasteiger partial charge in [-0.3, -0.25) is 4.90 Å². The molecule has 0 saturated heterocycles. The number of ether oxygens (including phenoxy) is 1. The lowest BCUT2D eigenvalue weighted by Crippen LogP contribution is -2.28. The Bertz CT molecular complexity index is 1190. The standard InChI is InChI=1S/C29H29F2NO3/c1-3-17-32(19-21-5-4-6-26(18-21)34-2)20-27-15-16-28(35-27)29(33,22-7-11-24(30)12-8-22)23-9-13-25(31)14-10-23/h4-16,18,33H,3,17,19-20H2,1-2H3. The molecular weight excluding hydrogens is 448 g/mol. The summed E-state index contributed by atoms with van der Waals surface area (Å²) in [5, 5.41) is 11.9. The molecule has 0 fully saturated rings. The first-order valence-electron chi connectivity index (χ1n) is 11.6. The molecule has 0 saturated carbocycles. The van der Waals surface area contributed by atoms with Gasteiger partial charge >= 0.3 is 0 Å². The van der Waals surface area contributed by atoms with E-state index in [1.807, 2.05) is 24.3 Å². The van der Waals surface area contributed by atoms with Gasteiger partial charge in [0.1, 0.15) is 28.9 Å². The lowest BCUT2D eigenvalue weighted by Gasteiger charge is -2.27. The summed E-state index contributed by atoms with van der Waals surface area (Å²) in [5.41, 5.74) is 0.266. The molecule has 4 nitrogen and oxygen atoms in total. The van der Waals surface area contributed by atoms with Gasteiger partial charge in [0.2, 0.25) is 0 Å². The molecule has 4 rings (SSSR count). The van der Waals surface area contributed by atoms with Gasteiger partial charge in [0.05, 0.1) is 13.7 Å². The summed E-state index contributed by atoms with van der Waals surface area (Å²) in [5.74, 6) is 0.941. The maximum atomic E-state index is 13.6. The first-order chi connectivity index (χ1) is 16.9. The summed E-state index contributed by atoms with van der Waals surface area (Å²) >= 11 is 0. The number of nitrogens with zero attached hydrogens (tertiary/aromatic N) is 1. The Kier molecular flexibility index (Phi) is 7.63. The Morgan fingerprint density at radius 3 is 2.06 bits per heavy atom. The number of methoxy groups -OCH3 is 1. The van der Waals surface area contributed by atoms with E-state index in [9.17, 15) is 13.9 Å². The molecule has 35 heavy (non-hydrogen) atoms. The number of aliphatic hydroxyl groups is 1. The highest BCUT2D eigenvalue weighted by Crippen LogP contribution is 2.38. The molecule has 1 N–H and O–H groups in total. The Hall–Kier alpha value is -3.48. The average Bonchev–Trinajstić information content (AvgIpc) is 3.34. The van der Waals surface area contributed by atoms with E-state index in [1.165, 1.54) is 48.5 Å². The van der Waals surface area contributed by atoms with Crippen LogP contribution in [0.5, 0.6) is 5.75 Å². The second-order valence-corrected chi connectivity index (χ2v) is 8.55. The van der Waals surface area contributed by atoms with E-state index in [0.29, 0.717) is 30.0 Å². The van der Waals surface area contributed by atoms with Crippen molar-refractivity contribution in [3.05, 3.63) is 125 Å². The minimum atomic E-state index is -1.71. The minimum absolute atomic E-state index is 0.281. The molecule has 3 aromatic carbocycles.